The number of aryl methyl sites for hydroxylation is 1. The van der Waals surface area contributed by atoms with Crippen LogP contribution in [-0.2, 0) is 22.7 Å². The van der Waals surface area contributed by atoms with Crippen molar-refractivity contribution in [1.82, 2.24) is 15.3 Å². The van der Waals surface area contributed by atoms with Crippen molar-refractivity contribution in [2.45, 2.75) is 32.9 Å². The van der Waals surface area contributed by atoms with Crippen molar-refractivity contribution >= 4 is 11.7 Å². The standard InChI is InChI=1S/C19H24N4O2/c1-15-11-18(23-9-5-6-10-23)22-17(21-15)12-20-19(24)14-25-13-16-7-3-2-4-8-16/h2-4,7-8,11H,5-6,9-10,12-14H2,1H3,(H,20,24). The minimum Gasteiger partial charge on any atom is -0.367 e. The molecule has 3 rings (SSSR count). The molecule has 1 aromatic heterocycles. The second-order valence-corrected chi connectivity index (χ2v) is 6.23. The lowest BCUT2D eigenvalue weighted by Gasteiger charge is -2.17. The summed E-state index contributed by atoms with van der Waals surface area (Å²) in [4.78, 5) is 23.2. The molecule has 1 amide bonds. The van der Waals surface area contributed by atoms with E-state index in [1.807, 2.05) is 43.3 Å². The maximum absolute atomic E-state index is 11.9. The highest BCUT2D eigenvalue weighted by atomic mass is 16.5. The Morgan fingerprint density at radius 3 is 2.72 bits per heavy atom. The van der Waals surface area contributed by atoms with E-state index in [2.05, 4.69) is 20.2 Å². The lowest BCUT2D eigenvalue weighted by molar-refractivity contribution is -0.126. The Kier molecular flexibility index (Phi) is 5.95. The Labute approximate surface area is 148 Å². The molecule has 1 aliphatic heterocycles. The van der Waals surface area contributed by atoms with Crippen molar-refractivity contribution in [3.05, 3.63) is 53.5 Å². The predicted molar refractivity (Wildman–Crippen MR) is 96.2 cm³/mol. The first-order valence-corrected chi connectivity index (χ1v) is 8.68. The van der Waals surface area contributed by atoms with Crippen LogP contribution >= 0.6 is 0 Å². The number of hydrogen-bond donors (Lipinski definition) is 1. The molecule has 1 aromatic carbocycles. The smallest absolute Gasteiger partial charge is 0.246 e. The monoisotopic (exact) mass is 340 g/mol. The van der Waals surface area contributed by atoms with Crippen molar-refractivity contribution in [3.8, 4) is 0 Å². The number of nitrogens with zero attached hydrogens (tertiary/aromatic N) is 3. The van der Waals surface area contributed by atoms with Crippen LogP contribution in [0.5, 0.6) is 0 Å². The molecule has 1 fully saturated rings. The van der Waals surface area contributed by atoms with Gasteiger partial charge in [0.25, 0.3) is 0 Å². The third-order valence-corrected chi connectivity index (χ3v) is 4.11. The molecule has 25 heavy (non-hydrogen) atoms. The molecule has 2 heterocycles. The zero-order chi connectivity index (χ0) is 17.5. The fourth-order valence-corrected chi connectivity index (χ4v) is 2.86. The number of hydrogen-bond acceptors (Lipinski definition) is 5. The summed E-state index contributed by atoms with van der Waals surface area (Å²) in [7, 11) is 0. The molecule has 6 nitrogen and oxygen atoms in total. The lowest BCUT2D eigenvalue weighted by Crippen LogP contribution is -2.28. The van der Waals surface area contributed by atoms with Gasteiger partial charge in [0.1, 0.15) is 18.2 Å². The van der Waals surface area contributed by atoms with Gasteiger partial charge < -0.3 is 15.0 Å². The summed E-state index contributed by atoms with van der Waals surface area (Å²) in [5.41, 5.74) is 1.97. The SMILES string of the molecule is Cc1cc(N2CCCC2)nc(CNC(=O)COCc2ccccc2)n1. The quantitative estimate of drug-likeness (QED) is 0.837. The number of rotatable bonds is 7. The minimum atomic E-state index is -0.163. The van der Waals surface area contributed by atoms with Gasteiger partial charge in [0.15, 0.2) is 0 Å². The summed E-state index contributed by atoms with van der Waals surface area (Å²) in [6.07, 6.45) is 2.40. The molecule has 2 aromatic rings. The first-order chi connectivity index (χ1) is 12.2. The Morgan fingerprint density at radius 2 is 1.96 bits per heavy atom. The topological polar surface area (TPSA) is 67.4 Å². The highest BCUT2D eigenvalue weighted by Gasteiger charge is 2.15. The minimum absolute atomic E-state index is 0.0275. The number of carbonyl (C=O) groups excluding carboxylic acids is 1. The molecule has 0 bridgehead atoms. The van der Waals surface area contributed by atoms with Crippen molar-refractivity contribution in [2.75, 3.05) is 24.6 Å². The molecule has 0 spiro atoms. The summed E-state index contributed by atoms with van der Waals surface area (Å²) in [5, 5.41) is 2.82. The van der Waals surface area contributed by atoms with Crippen LogP contribution < -0.4 is 10.2 Å². The highest BCUT2D eigenvalue weighted by molar-refractivity contribution is 5.77. The van der Waals surface area contributed by atoms with E-state index >= 15 is 0 Å². The number of ether oxygens (including phenoxy) is 1. The van der Waals surface area contributed by atoms with E-state index in [4.69, 9.17) is 4.74 Å². The van der Waals surface area contributed by atoms with Gasteiger partial charge in [0.2, 0.25) is 5.91 Å². The fraction of sp³-hybridized carbons (Fsp3) is 0.421. The van der Waals surface area contributed by atoms with Crippen molar-refractivity contribution in [3.63, 3.8) is 0 Å². The molecule has 0 atom stereocenters. The zero-order valence-corrected chi connectivity index (χ0v) is 14.6. The maximum atomic E-state index is 11.9. The van der Waals surface area contributed by atoms with Crippen molar-refractivity contribution < 1.29 is 9.53 Å². The zero-order valence-electron chi connectivity index (χ0n) is 14.6. The van der Waals surface area contributed by atoms with Crippen LogP contribution in [0.15, 0.2) is 36.4 Å². The molecule has 0 unspecified atom stereocenters. The molecular weight excluding hydrogens is 316 g/mol. The van der Waals surface area contributed by atoms with Crippen LogP contribution in [0.25, 0.3) is 0 Å². The largest absolute Gasteiger partial charge is 0.367 e. The van der Waals surface area contributed by atoms with Gasteiger partial charge in [-0.05, 0) is 25.3 Å². The number of amides is 1. The van der Waals surface area contributed by atoms with Crippen LogP contribution in [0.4, 0.5) is 5.82 Å². The van der Waals surface area contributed by atoms with Crippen LogP contribution in [-0.4, -0.2) is 35.6 Å². The summed E-state index contributed by atoms with van der Waals surface area (Å²) >= 11 is 0. The Balaban J connectivity index is 1.46. The molecular formula is C19H24N4O2. The van der Waals surface area contributed by atoms with Gasteiger partial charge in [0.05, 0.1) is 13.2 Å². The number of carbonyl (C=O) groups is 1. The van der Waals surface area contributed by atoms with E-state index in [1.54, 1.807) is 0 Å². The second-order valence-electron chi connectivity index (χ2n) is 6.23. The van der Waals surface area contributed by atoms with Crippen LogP contribution in [0.1, 0.15) is 29.9 Å². The van der Waals surface area contributed by atoms with E-state index < -0.39 is 0 Å². The molecule has 1 aliphatic rings. The Bertz CT molecular complexity index is 700. The molecule has 1 N–H and O–H groups in total. The molecule has 1 saturated heterocycles. The average molecular weight is 340 g/mol. The second kappa shape index (κ2) is 8.58. The first kappa shape index (κ1) is 17.4. The highest BCUT2D eigenvalue weighted by Crippen LogP contribution is 2.18. The third kappa shape index (κ3) is 5.26. The molecule has 0 radical (unpaired) electrons. The fourth-order valence-electron chi connectivity index (χ4n) is 2.86. The Morgan fingerprint density at radius 1 is 1.20 bits per heavy atom. The van der Waals surface area contributed by atoms with E-state index in [0.29, 0.717) is 19.0 Å². The van der Waals surface area contributed by atoms with Gasteiger partial charge in [-0.1, -0.05) is 30.3 Å². The summed E-state index contributed by atoms with van der Waals surface area (Å²) in [6, 6.07) is 11.8. The van der Waals surface area contributed by atoms with E-state index in [0.717, 1.165) is 30.2 Å². The summed E-state index contributed by atoms with van der Waals surface area (Å²) < 4.78 is 5.44. The summed E-state index contributed by atoms with van der Waals surface area (Å²) in [6.45, 7) is 4.80. The maximum Gasteiger partial charge on any atom is 0.246 e. The lowest BCUT2D eigenvalue weighted by atomic mass is 10.2. The van der Waals surface area contributed by atoms with Gasteiger partial charge in [0, 0.05) is 24.8 Å². The van der Waals surface area contributed by atoms with E-state index in [1.165, 1.54) is 12.8 Å². The van der Waals surface area contributed by atoms with E-state index in [-0.39, 0.29) is 12.5 Å². The molecule has 132 valence electrons. The van der Waals surface area contributed by atoms with Gasteiger partial charge >= 0.3 is 0 Å². The van der Waals surface area contributed by atoms with Crippen LogP contribution in [0, 0.1) is 6.92 Å². The van der Waals surface area contributed by atoms with Crippen LogP contribution in [0.3, 0.4) is 0 Å². The normalized spacial score (nSPS) is 13.9. The number of anilines is 1. The third-order valence-electron chi connectivity index (χ3n) is 4.11. The number of aromatic nitrogens is 2. The van der Waals surface area contributed by atoms with Gasteiger partial charge in [-0.3, -0.25) is 4.79 Å². The van der Waals surface area contributed by atoms with Crippen LogP contribution in [0.2, 0.25) is 0 Å². The molecule has 0 aliphatic carbocycles. The molecule has 0 saturated carbocycles. The summed E-state index contributed by atoms with van der Waals surface area (Å²) in [5.74, 6) is 1.43. The molecule has 6 heteroatoms. The Hall–Kier alpha value is -2.47. The number of nitrogens with one attached hydrogen (secondary N) is 1. The van der Waals surface area contributed by atoms with Gasteiger partial charge in [-0.25, -0.2) is 9.97 Å². The predicted octanol–water partition coefficient (Wildman–Crippen LogP) is 2.22. The van der Waals surface area contributed by atoms with Gasteiger partial charge in [-0.15, -0.1) is 0 Å². The first-order valence-electron chi connectivity index (χ1n) is 8.68. The van der Waals surface area contributed by atoms with Gasteiger partial charge in [-0.2, -0.15) is 0 Å². The number of benzene rings is 1. The average Bonchev–Trinajstić information content (AvgIpc) is 3.15. The van der Waals surface area contributed by atoms with Crippen molar-refractivity contribution in [2.24, 2.45) is 0 Å². The van der Waals surface area contributed by atoms with Crippen molar-refractivity contribution in [1.29, 1.82) is 0 Å². The van der Waals surface area contributed by atoms with E-state index in [9.17, 15) is 4.79 Å².